The largest absolute Gasteiger partial charge is 0.353 e. The van der Waals surface area contributed by atoms with E-state index in [0.29, 0.717) is 6.04 Å². The van der Waals surface area contributed by atoms with Gasteiger partial charge in [0.15, 0.2) is 0 Å². The molecule has 1 atom stereocenters. The molecule has 4 nitrogen and oxygen atoms in total. The Hall–Kier alpha value is -0.610. The number of rotatable bonds is 4. The van der Waals surface area contributed by atoms with Crippen molar-refractivity contribution in [2.24, 2.45) is 5.92 Å². The molecule has 2 rings (SSSR count). The topological polar surface area (TPSA) is 44.4 Å². The molecule has 104 valence electrons. The van der Waals surface area contributed by atoms with Gasteiger partial charge in [-0.05, 0) is 45.2 Å². The minimum Gasteiger partial charge on any atom is -0.353 e. The third-order valence-corrected chi connectivity index (χ3v) is 4.14. The summed E-state index contributed by atoms with van der Waals surface area (Å²) in [6.07, 6.45) is 5.64. The van der Waals surface area contributed by atoms with Crippen molar-refractivity contribution in [3.63, 3.8) is 0 Å². The summed E-state index contributed by atoms with van der Waals surface area (Å²) in [7, 11) is 0. The van der Waals surface area contributed by atoms with Crippen LogP contribution in [0.3, 0.4) is 0 Å². The minimum absolute atomic E-state index is 0.201. The molecule has 0 bridgehead atoms. The fourth-order valence-electron chi connectivity index (χ4n) is 3.01. The Kier molecular flexibility index (Phi) is 5.45. The van der Waals surface area contributed by atoms with Gasteiger partial charge < -0.3 is 15.5 Å². The van der Waals surface area contributed by atoms with E-state index >= 15 is 0 Å². The zero-order valence-electron chi connectivity index (χ0n) is 11.6. The van der Waals surface area contributed by atoms with Gasteiger partial charge in [0.05, 0.1) is 5.92 Å². The molecule has 0 aromatic carbocycles. The van der Waals surface area contributed by atoms with Gasteiger partial charge in [0, 0.05) is 25.7 Å². The van der Waals surface area contributed by atoms with Gasteiger partial charge in [-0.3, -0.25) is 4.79 Å². The molecule has 0 aromatic heterocycles. The summed E-state index contributed by atoms with van der Waals surface area (Å²) < 4.78 is 0. The summed E-state index contributed by atoms with van der Waals surface area (Å²) in [6, 6.07) is 0.410. The SMILES string of the molecule is CCCN1CCC(NC(=O)[C@@H]2CCCNC2)CC1. The Labute approximate surface area is 110 Å². The number of nitrogens with zero attached hydrogens (tertiary/aromatic N) is 1. The Bertz CT molecular complexity index is 256. The molecule has 2 aliphatic rings. The maximum Gasteiger partial charge on any atom is 0.224 e. The molecular weight excluding hydrogens is 226 g/mol. The highest BCUT2D eigenvalue weighted by Crippen LogP contribution is 2.14. The van der Waals surface area contributed by atoms with Crippen molar-refractivity contribution in [1.29, 1.82) is 0 Å². The van der Waals surface area contributed by atoms with Gasteiger partial charge in [0.2, 0.25) is 5.91 Å². The van der Waals surface area contributed by atoms with Crippen molar-refractivity contribution in [2.45, 2.75) is 45.1 Å². The number of carbonyl (C=O) groups is 1. The van der Waals surface area contributed by atoms with Gasteiger partial charge in [-0.2, -0.15) is 0 Å². The Balaban J connectivity index is 1.68. The molecule has 4 heteroatoms. The predicted octanol–water partition coefficient (Wildman–Crippen LogP) is 0.977. The second kappa shape index (κ2) is 7.10. The van der Waals surface area contributed by atoms with Gasteiger partial charge >= 0.3 is 0 Å². The number of amides is 1. The van der Waals surface area contributed by atoms with Crippen molar-refractivity contribution in [1.82, 2.24) is 15.5 Å². The maximum absolute atomic E-state index is 12.1. The average Bonchev–Trinajstić information content (AvgIpc) is 2.42. The zero-order chi connectivity index (χ0) is 12.8. The maximum atomic E-state index is 12.1. The summed E-state index contributed by atoms with van der Waals surface area (Å²) in [5.41, 5.74) is 0. The third-order valence-electron chi connectivity index (χ3n) is 4.14. The summed E-state index contributed by atoms with van der Waals surface area (Å²) in [5, 5.41) is 6.55. The van der Waals surface area contributed by atoms with E-state index in [1.165, 1.54) is 13.0 Å². The molecular formula is C14H27N3O. The molecule has 0 radical (unpaired) electrons. The Morgan fingerprint density at radius 3 is 2.72 bits per heavy atom. The first-order valence-corrected chi connectivity index (χ1v) is 7.53. The van der Waals surface area contributed by atoms with Crippen molar-refractivity contribution in [3.05, 3.63) is 0 Å². The van der Waals surface area contributed by atoms with Crippen molar-refractivity contribution in [2.75, 3.05) is 32.7 Å². The molecule has 0 unspecified atom stereocenters. The van der Waals surface area contributed by atoms with Crippen LogP contribution in [0.1, 0.15) is 39.0 Å². The summed E-state index contributed by atoms with van der Waals surface area (Å²) >= 11 is 0. The van der Waals surface area contributed by atoms with Crippen LogP contribution < -0.4 is 10.6 Å². The first kappa shape index (κ1) is 13.8. The fourth-order valence-corrected chi connectivity index (χ4v) is 3.01. The summed E-state index contributed by atoms with van der Waals surface area (Å²) in [5.74, 6) is 0.476. The predicted molar refractivity (Wildman–Crippen MR) is 73.5 cm³/mol. The van der Waals surface area contributed by atoms with Gasteiger partial charge in [-0.1, -0.05) is 6.92 Å². The molecule has 0 saturated carbocycles. The third kappa shape index (κ3) is 3.95. The minimum atomic E-state index is 0.201. The van der Waals surface area contributed by atoms with Crippen LogP contribution in [-0.4, -0.2) is 49.6 Å². The number of nitrogens with one attached hydrogen (secondary N) is 2. The van der Waals surface area contributed by atoms with E-state index in [1.807, 2.05) is 0 Å². The van der Waals surface area contributed by atoms with Crippen LogP contribution in [0.2, 0.25) is 0 Å². The van der Waals surface area contributed by atoms with Crippen LogP contribution >= 0.6 is 0 Å². The van der Waals surface area contributed by atoms with E-state index < -0.39 is 0 Å². The smallest absolute Gasteiger partial charge is 0.224 e. The number of carbonyl (C=O) groups excluding carboxylic acids is 1. The second-order valence-corrected chi connectivity index (χ2v) is 5.67. The van der Waals surface area contributed by atoms with Gasteiger partial charge in [0.1, 0.15) is 0 Å². The molecule has 0 aromatic rings. The van der Waals surface area contributed by atoms with E-state index in [4.69, 9.17) is 0 Å². The molecule has 0 aliphatic carbocycles. The highest BCUT2D eigenvalue weighted by atomic mass is 16.2. The summed E-state index contributed by atoms with van der Waals surface area (Å²) in [4.78, 5) is 14.6. The molecule has 2 heterocycles. The molecule has 18 heavy (non-hydrogen) atoms. The van der Waals surface area contributed by atoms with Crippen molar-refractivity contribution in [3.8, 4) is 0 Å². The van der Waals surface area contributed by atoms with E-state index in [0.717, 1.165) is 51.9 Å². The highest BCUT2D eigenvalue weighted by Gasteiger charge is 2.25. The van der Waals surface area contributed by atoms with Crippen LogP contribution in [0.4, 0.5) is 0 Å². The van der Waals surface area contributed by atoms with Crippen LogP contribution in [0.5, 0.6) is 0 Å². The number of piperidine rings is 2. The Morgan fingerprint density at radius 2 is 2.11 bits per heavy atom. The van der Waals surface area contributed by atoms with E-state index in [-0.39, 0.29) is 11.8 Å². The van der Waals surface area contributed by atoms with Crippen molar-refractivity contribution < 1.29 is 4.79 Å². The van der Waals surface area contributed by atoms with E-state index in [2.05, 4.69) is 22.5 Å². The lowest BCUT2D eigenvalue weighted by atomic mass is 9.97. The zero-order valence-corrected chi connectivity index (χ0v) is 11.6. The van der Waals surface area contributed by atoms with Gasteiger partial charge in [0.25, 0.3) is 0 Å². The molecule has 2 fully saturated rings. The average molecular weight is 253 g/mol. The van der Waals surface area contributed by atoms with Gasteiger partial charge in [-0.15, -0.1) is 0 Å². The number of hydrogen-bond acceptors (Lipinski definition) is 3. The highest BCUT2D eigenvalue weighted by molar-refractivity contribution is 5.79. The monoisotopic (exact) mass is 253 g/mol. The van der Waals surface area contributed by atoms with Gasteiger partial charge in [-0.25, -0.2) is 0 Å². The van der Waals surface area contributed by atoms with Crippen LogP contribution in [0, 0.1) is 5.92 Å². The first-order valence-electron chi connectivity index (χ1n) is 7.53. The number of hydrogen-bond donors (Lipinski definition) is 2. The van der Waals surface area contributed by atoms with Crippen molar-refractivity contribution >= 4 is 5.91 Å². The van der Waals surface area contributed by atoms with E-state index in [9.17, 15) is 4.79 Å². The normalized spacial score (nSPS) is 27.1. The lowest BCUT2D eigenvalue weighted by Crippen LogP contribution is -2.48. The lowest BCUT2D eigenvalue weighted by molar-refractivity contribution is -0.126. The molecule has 2 saturated heterocycles. The quantitative estimate of drug-likeness (QED) is 0.785. The van der Waals surface area contributed by atoms with Crippen LogP contribution in [0.15, 0.2) is 0 Å². The first-order chi connectivity index (χ1) is 8.79. The second-order valence-electron chi connectivity index (χ2n) is 5.67. The van der Waals surface area contributed by atoms with Crippen LogP contribution in [-0.2, 0) is 4.79 Å². The van der Waals surface area contributed by atoms with Crippen LogP contribution in [0.25, 0.3) is 0 Å². The van der Waals surface area contributed by atoms with E-state index in [1.54, 1.807) is 0 Å². The molecule has 2 aliphatic heterocycles. The standard InChI is InChI=1S/C14H27N3O/c1-2-8-17-9-5-13(6-10-17)16-14(18)12-4-3-7-15-11-12/h12-13,15H,2-11H2,1H3,(H,16,18)/t12-/m1/s1. The lowest BCUT2D eigenvalue weighted by Gasteiger charge is -2.33. The summed E-state index contributed by atoms with van der Waals surface area (Å²) in [6.45, 7) is 7.64. The molecule has 2 N–H and O–H groups in total. The molecule has 0 spiro atoms. The Morgan fingerprint density at radius 1 is 1.33 bits per heavy atom. The molecule has 1 amide bonds. The number of likely N-dealkylation sites (tertiary alicyclic amines) is 1. The fraction of sp³-hybridized carbons (Fsp3) is 0.929.